The van der Waals surface area contributed by atoms with Crippen molar-refractivity contribution in [3.05, 3.63) is 46.7 Å². The third kappa shape index (κ3) is 2.71. The summed E-state index contributed by atoms with van der Waals surface area (Å²) in [6.07, 6.45) is 0. The summed E-state index contributed by atoms with van der Waals surface area (Å²) in [7, 11) is 1.30. The van der Waals surface area contributed by atoms with Crippen molar-refractivity contribution in [1.82, 2.24) is 15.5 Å². The van der Waals surface area contributed by atoms with E-state index in [0.29, 0.717) is 22.4 Å². The van der Waals surface area contributed by atoms with Gasteiger partial charge in [0.15, 0.2) is 0 Å². The topological polar surface area (TPSA) is 108 Å². The zero-order valence-electron chi connectivity index (χ0n) is 13.0. The van der Waals surface area contributed by atoms with Gasteiger partial charge in [-0.2, -0.15) is 0 Å². The number of ether oxygens (including phenoxy) is 1. The molecular formula is C16H17N3O5. The van der Waals surface area contributed by atoms with Gasteiger partial charge in [0.1, 0.15) is 0 Å². The first-order chi connectivity index (χ1) is 11.5. The molecule has 2 heterocycles. The number of esters is 1. The summed E-state index contributed by atoms with van der Waals surface area (Å²) in [5.41, 5.74) is 2.06. The van der Waals surface area contributed by atoms with Gasteiger partial charge in [0.05, 0.1) is 43.1 Å². The molecule has 24 heavy (non-hydrogen) atoms. The Kier molecular flexibility index (Phi) is 4.22. The molecule has 0 aromatic heterocycles. The van der Waals surface area contributed by atoms with Crippen molar-refractivity contribution < 1.29 is 24.2 Å². The fourth-order valence-electron chi connectivity index (χ4n) is 2.91. The van der Waals surface area contributed by atoms with E-state index in [1.165, 1.54) is 12.0 Å². The van der Waals surface area contributed by atoms with Gasteiger partial charge in [-0.1, -0.05) is 12.1 Å². The van der Waals surface area contributed by atoms with Crippen LogP contribution in [-0.4, -0.2) is 54.7 Å². The molecule has 3 amide bonds. The van der Waals surface area contributed by atoms with Crippen molar-refractivity contribution >= 4 is 17.9 Å². The van der Waals surface area contributed by atoms with Gasteiger partial charge in [-0.25, -0.2) is 9.59 Å². The van der Waals surface area contributed by atoms with Crippen LogP contribution in [0.3, 0.4) is 0 Å². The van der Waals surface area contributed by atoms with Crippen LogP contribution in [-0.2, 0) is 9.53 Å². The number of nitrogens with one attached hydrogen (secondary N) is 2. The lowest BCUT2D eigenvalue weighted by Crippen LogP contribution is -2.44. The third-order valence-corrected chi connectivity index (χ3v) is 4.06. The summed E-state index contributed by atoms with van der Waals surface area (Å²) < 4.78 is 4.65. The number of methoxy groups -OCH3 is 1. The van der Waals surface area contributed by atoms with Crippen LogP contribution in [0, 0.1) is 0 Å². The molecule has 3 rings (SSSR count). The van der Waals surface area contributed by atoms with Gasteiger partial charge in [-0.3, -0.25) is 4.79 Å². The number of amides is 3. The summed E-state index contributed by atoms with van der Waals surface area (Å²) in [5.74, 6) is -0.685. The minimum Gasteiger partial charge on any atom is -0.465 e. The Bertz CT molecular complexity index is 726. The average Bonchev–Trinajstić information content (AvgIpc) is 2.89. The second-order valence-corrected chi connectivity index (χ2v) is 5.49. The molecule has 0 bridgehead atoms. The maximum Gasteiger partial charge on any atom is 0.337 e. The van der Waals surface area contributed by atoms with E-state index in [2.05, 4.69) is 15.4 Å². The van der Waals surface area contributed by atoms with Crippen LogP contribution in [0.1, 0.15) is 22.0 Å². The third-order valence-electron chi connectivity index (χ3n) is 4.06. The Hall–Kier alpha value is -2.87. The molecule has 1 unspecified atom stereocenters. The number of β-amino-alcohol motifs (C(OH)–C–C–N with tert-alkyl or cyclic N) is 1. The summed E-state index contributed by atoms with van der Waals surface area (Å²) in [6.45, 7) is 0.320. The first-order valence-electron chi connectivity index (χ1n) is 7.44. The van der Waals surface area contributed by atoms with E-state index in [1.54, 1.807) is 24.3 Å². The number of hydrogen-bond acceptors (Lipinski definition) is 5. The number of carbonyl (C=O) groups is 3. The van der Waals surface area contributed by atoms with Crippen LogP contribution in [0.5, 0.6) is 0 Å². The lowest BCUT2D eigenvalue weighted by molar-refractivity contribution is -0.126. The Morgan fingerprint density at radius 3 is 2.67 bits per heavy atom. The van der Waals surface area contributed by atoms with E-state index >= 15 is 0 Å². The van der Waals surface area contributed by atoms with E-state index in [4.69, 9.17) is 5.11 Å². The first-order valence-corrected chi connectivity index (χ1v) is 7.44. The zero-order chi connectivity index (χ0) is 17.3. The van der Waals surface area contributed by atoms with Crippen molar-refractivity contribution in [3.8, 4) is 0 Å². The lowest BCUT2D eigenvalue weighted by Gasteiger charge is -2.25. The van der Waals surface area contributed by atoms with E-state index < -0.39 is 18.0 Å². The molecule has 8 heteroatoms. The number of aliphatic hydroxyl groups is 1. The molecule has 1 atom stereocenters. The van der Waals surface area contributed by atoms with Crippen molar-refractivity contribution in [2.45, 2.75) is 6.04 Å². The highest BCUT2D eigenvalue weighted by Crippen LogP contribution is 2.32. The van der Waals surface area contributed by atoms with Crippen LogP contribution in [0.4, 0.5) is 4.79 Å². The second kappa shape index (κ2) is 6.32. The molecule has 1 aromatic rings. The number of aliphatic hydroxyl groups excluding tert-OH is 1. The molecule has 0 saturated heterocycles. The van der Waals surface area contributed by atoms with Crippen LogP contribution in [0.15, 0.2) is 35.5 Å². The molecule has 2 aliphatic rings. The smallest absolute Gasteiger partial charge is 0.337 e. The van der Waals surface area contributed by atoms with Crippen molar-refractivity contribution in [1.29, 1.82) is 0 Å². The van der Waals surface area contributed by atoms with Gasteiger partial charge in [-0.05, 0) is 17.7 Å². The molecule has 0 saturated carbocycles. The molecule has 0 aliphatic carbocycles. The van der Waals surface area contributed by atoms with E-state index in [-0.39, 0.29) is 25.6 Å². The summed E-state index contributed by atoms with van der Waals surface area (Å²) in [4.78, 5) is 37.4. The minimum atomic E-state index is -0.600. The largest absolute Gasteiger partial charge is 0.465 e. The maximum absolute atomic E-state index is 12.5. The second-order valence-electron chi connectivity index (χ2n) is 5.49. The summed E-state index contributed by atoms with van der Waals surface area (Å²) >= 11 is 0. The Morgan fingerprint density at radius 1 is 1.33 bits per heavy atom. The van der Waals surface area contributed by atoms with Gasteiger partial charge < -0.3 is 25.4 Å². The summed E-state index contributed by atoms with van der Waals surface area (Å²) in [5, 5.41) is 14.4. The summed E-state index contributed by atoms with van der Waals surface area (Å²) in [6, 6.07) is 5.52. The predicted octanol–water partition coefficient (Wildman–Crippen LogP) is -0.0843. The van der Waals surface area contributed by atoms with Crippen molar-refractivity contribution in [3.63, 3.8) is 0 Å². The quantitative estimate of drug-likeness (QED) is 0.669. The van der Waals surface area contributed by atoms with Crippen molar-refractivity contribution in [2.75, 3.05) is 26.8 Å². The molecule has 0 radical (unpaired) electrons. The van der Waals surface area contributed by atoms with Gasteiger partial charge in [-0.15, -0.1) is 0 Å². The molecule has 3 N–H and O–H groups in total. The monoisotopic (exact) mass is 331 g/mol. The molecule has 0 fully saturated rings. The standard InChI is InChI=1S/C16H17N3O5/c1-24-15(22)10-4-2-9(3-5-10)13-12-11(17-16(23)18-13)8-19(6-7-20)14(12)21/h2-5,13,20H,6-8H2,1H3,(H2,17,18,23). The predicted molar refractivity (Wildman–Crippen MR) is 82.9 cm³/mol. The van der Waals surface area contributed by atoms with Crippen LogP contribution in [0.2, 0.25) is 0 Å². The highest BCUT2D eigenvalue weighted by molar-refractivity contribution is 6.01. The SMILES string of the molecule is COC(=O)c1ccc(C2NC(=O)NC3=C2C(=O)N(CCO)C3)cc1. The Labute approximate surface area is 138 Å². The van der Waals surface area contributed by atoms with Gasteiger partial charge in [0.2, 0.25) is 0 Å². The highest BCUT2D eigenvalue weighted by Gasteiger charge is 2.40. The number of rotatable bonds is 4. The average molecular weight is 331 g/mol. The highest BCUT2D eigenvalue weighted by atomic mass is 16.5. The number of hydrogen-bond donors (Lipinski definition) is 3. The maximum atomic E-state index is 12.5. The fourth-order valence-corrected chi connectivity index (χ4v) is 2.91. The number of carbonyl (C=O) groups excluding carboxylic acids is 3. The van der Waals surface area contributed by atoms with Crippen molar-refractivity contribution in [2.24, 2.45) is 0 Å². The lowest BCUT2D eigenvalue weighted by atomic mass is 9.95. The van der Waals surface area contributed by atoms with E-state index in [1.807, 2.05) is 0 Å². The fraction of sp³-hybridized carbons (Fsp3) is 0.312. The number of urea groups is 1. The molecular weight excluding hydrogens is 314 g/mol. The molecule has 126 valence electrons. The van der Waals surface area contributed by atoms with Crippen LogP contribution in [0.25, 0.3) is 0 Å². The van der Waals surface area contributed by atoms with E-state index in [9.17, 15) is 14.4 Å². The van der Waals surface area contributed by atoms with Crippen LogP contribution < -0.4 is 10.6 Å². The molecule has 1 aromatic carbocycles. The minimum absolute atomic E-state index is 0.147. The molecule has 0 spiro atoms. The first kappa shape index (κ1) is 16.0. The van der Waals surface area contributed by atoms with Gasteiger partial charge in [0.25, 0.3) is 5.91 Å². The normalized spacial score (nSPS) is 19.8. The van der Waals surface area contributed by atoms with E-state index in [0.717, 1.165) is 0 Å². The number of benzene rings is 1. The molecule has 8 nitrogen and oxygen atoms in total. The van der Waals surface area contributed by atoms with Crippen LogP contribution >= 0.6 is 0 Å². The molecule has 2 aliphatic heterocycles. The zero-order valence-corrected chi connectivity index (χ0v) is 13.0. The Balaban J connectivity index is 1.92. The van der Waals surface area contributed by atoms with Gasteiger partial charge in [0, 0.05) is 6.54 Å². The number of nitrogens with zero attached hydrogens (tertiary/aromatic N) is 1. The van der Waals surface area contributed by atoms with Gasteiger partial charge >= 0.3 is 12.0 Å². The Morgan fingerprint density at radius 2 is 2.04 bits per heavy atom.